The summed E-state index contributed by atoms with van der Waals surface area (Å²) >= 11 is -0.946. The number of halogens is 2. The topological polar surface area (TPSA) is 0 Å². The molecule has 0 aliphatic heterocycles. The SMILES string of the molecule is C[Si](C)C.[Cl][In][Cl]. The van der Waals surface area contributed by atoms with E-state index < -0.39 is 20.5 Å². The van der Waals surface area contributed by atoms with Crippen LogP contribution in [0.5, 0.6) is 0 Å². The summed E-state index contributed by atoms with van der Waals surface area (Å²) in [7, 11) is 10.0. The molecule has 42 valence electrons. The molecule has 0 amide bonds. The minimum atomic E-state index is -0.946. The average molecular weight is 259 g/mol. The van der Waals surface area contributed by atoms with Crippen molar-refractivity contribution >= 4 is 46.5 Å². The zero-order chi connectivity index (χ0) is 6.28. The predicted octanol–water partition coefficient (Wildman–Crippen LogP) is 2.37. The first-order chi connectivity index (χ1) is 3.15. The average Bonchev–Trinajstić information content (AvgIpc) is 1.33. The maximum absolute atomic E-state index is 4.95. The number of rotatable bonds is 0. The molecule has 0 aromatic rings. The zero-order valence-electron chi connectivity index (χ0n) is 4.83. The van der Waals surface area contributed by atoms with Gasteiger partial charge in [-0.3, -0.25) is 0 Å². The van der Waals surface area contributed by atoms with E-state index in [9.17, 15) is 0 Å². The van der Waals surface area contributed by atoms with E-state index in [2.05, 4.69) is 19.6 Å². The molecule has 0 aromatic heterocycles. The van der Waals surface area contributed by atoms with Gasteiger partial charge in [0.15, 0.2) is 0 Å². The molecule has 0 atom stereocenters. The fourth-order valence-corrected chi connectivity index (χ4v) is 0. The third-order valence-corrected chi connectivity index (χ3v) is 0. The molecule has 0 rings (SSSR count). The van der Waals surface area contributed by atoms with Crippen molar-refractivity contribution in [1.82, 2.24) is 0 Å². The molecular weight excluding hydrogens is 250 g/mol. The fraction of sp³-hybridized carbons (Fsp3) is 1.00. The molecule has 0 saturated carbocycles. The van der Waals surface area contributed by atoms with E-state index in [1.807, 2.05) is 0 Å². The van der Waals surface area contributed by atoms with Gasteiger partial charge < -0.3 is 0 Å². The molecule has 0 aromatic carbocycles. The van der Waals surface area contributed by atoms with Gasteiger partial charge in [-0.1, -0.05) is 19.6 Å². The molecule has 0 bridgehead atoms. The Morgan fingerprint density at radius 3 is 1.14 bits per heavy atom. The third kappa shape index (κ3) is 88.6. The second-order valence-electron chi connectivity index (χ2n) is 1.58. The molecule has 4 heteroatoms. The quantitative estimate of drug-likeness (QED) is 0.586. The second-order valence-corrected chi connectivity index (χ2v) is 9.48. The van der Waals surface area contributed by atoms with Crippen LogP contribution >= 0.6 is 17.2 Å². The van der Waals surface area contributed by atoms with Crippen LogP contribution < -0.4 is 0 Å². The van der Waals surface area contributed by atoms with Crippen LogP contribution in [0.3, 0.4) is 0 Å². The zero-order valence-corrected chi connectivity index (χ0v) is 10.6. The molecule has 7 heavy (non-hydrogen) atoms. The van der Waals surface area contributed by atoms with Crippen LogP contribution in [0.25, 0.3) is 0 Å². The number of hydrogen-bond donors (Lipinski definition) is 0. The summed E-state index contributed by atoms with van der Waals surface area (Å²) in [5, 5.41) is 0. The fourth-order valence-electron chi connectivity index (χ4n) is 0. The van der Waals surface area contributed by atoms with Crippen molar-refractivity contribution in [2.45, 2.75) is 19.6 Å². The summed E-state index contributed by atoms with van der Waals surface area (Å²) in [5.41, 5.74) is 0. The van der Waals surface area contributed by atoms with Crippen LogP contribution in [-0.2, 0) is 0 Å². The van der Waals surface area contributed by atoms with Crippen LogP contribution in [0, 0.1) is 0 Å². The first-order valence-electron chi connectivity index (χ1n) is 1.94. The maximum atomic E-state index is 4.95. The van der Waals surface area contributed by atoms with Crippen molar-refractivity contribution in [3.05, 3.63) is 0 Å². The van der Waals surface area contributed by atoms with Gasteiger partial charge in [-0.25, -0.2) is 0 Å². The summed E-state index contributed by atoms with van der Waals surface area (Å²) in [5.74, 6) is 0. The Morgan fingerprint density at radius 2 is 1.14 bits per heavy atom. The van der Waals surface area contributed by atoms with Crippen molar-refractivity contribution in [2.24, 2.45) is 0 Å². The van der Waals surface area contributed by atoms with Crippen molar-refractivity contribution in [2.75, 3.05) is 0 Å². The summed E-state index contributed by atoms with van der Waals surface area (Å²) in [6, 6.07) is 0. The minimum absolute atomic E-state index is 0.120. The molecule has 0 heterocycles. The molecule has 0 saturated heterocycles. The molecule has 0 N–H and O–H groups in total. The predicted molar refractivity (Wildman–Crippen MR) is 40.8 cm³/mol. The molecule has 0 spiro atoms. The van der Waals surface area contributed by atoms with Gasteiger partial charge >= 0.3 is 37.7 Å². The van der Waals surface area contributed by atoms with Gasteiger partial charge in [-0.2, -0.15) is 0 Å². The van der Waals surface area contributed by atoms with E-state index in [1.54, 1.807) is 0 Å². The van der Waals surface area contributed by atoms with Crippen LogP contribution in [-0.4, -0.2) is 29.3 Å². The Hall–Kier alpha value is 1.67. The first kappa shape index (κ1) is 11.5. The van der Waals surface area contributed by atoms with E-state index in [4.69, 9.17) is 17.2 Å². The van der Waals surface area contributed by atoms with Gasteiger partial charge in [0.05, 0.1) is 0 Å². The van der Waals surface area contributed by atoms with Gasteiger partial charge in [-0.15, -0.1) is 0 Å². The summed E-state index contributed by atoms with van der Waals surface area (Å²) in [4.78, 5) is 0. The van der Waals surface area contributed by atoms with E-state index in [0.29, 0.717) is 0 Å². The third-order valence-electron chi connectivity index (χ3n) is 0. The normalized spacial score (nSPS) is 7.14. The Morgan fingerprint density at radius 1 is 1.14 bits per heavy atom. The van der Waals surface area contributed by atoms with Gasteiger partial charge in [0.2, 0.25) is 0 Å². The van der Waals surface area contributed by atoms with Crippen molar-refractivity contribution in [1.29, 1.82) is 0 Å². The van der Waals surface area contributed by atoms with Crippen molar-refractivity contribution in [3.63, 3.8) is 0 Å². The standard InChI is InChI=1S/C3H9Si.2ClH.In/c1-4(2)3;;;/h1-3H3;2*1H;/q;;;+2/p-2. The molecule has 0 aliphatic carbocycles. The van der Waals surface area contributed by atoms with Crippen LogP contribution in [0.15, 0.2) is 0 Å². The Labute approximate surface area is 65.7 Å². The second kappa shape index (κ2) is 10.6. The van der Waals surface area contributed by atoms with E-state index in [-0.39, 0.29) is 8.80 Å². The monoisotopic (exact) mass is 258 g/mol. The van der Waals surface area contributed by atoms with E-state index in [1.165, 1.54) is 0 Å². The van der Waals surface area contributed by atoms with Crippen molar-refractivity contribution in [3.8, 4) is 0 Å². The van der Waals surface area contributed by atoms with Crippen molar-refractivity contribution < 1.29 is 0 Å². The Balaban J connectivity index is 0. The first-order valence-corrected chi connectivity index (χ1v) is 13.3. The number of hydrogen-bond acceptors (Lipinski definition) is 0. The molecule has 0 nitrogen and oxygen atoms in total. The molecule has 0 unspecified atom stereocenters. The molecular formula is C3H9Cl2InSi. The summed E-state index contributed by atoms with van der Waals surface area (Å²) in [6.07, 6.45) is 0. The Kier molecular flexibility index (Phi) is 17.4. The van der Waals surface area contributed by atoms with E-state index >= 15 is 0 Å². The van der Waals surface area contributed by atoms with Crippen LogP contribution in [0.1, 0.15) is 0 Å². The van der Waals surface area contributed by atoms with Gasteiger partial charge in [0.25, 0.3) is 0 Å². The molecule has 2 radical (unpaired) electrons. The van der Waals surface area contributed by atoms with Gasteiger partial charge in [-0.05, 0) is 0 Å². The Bertz CT molecular complexity index is 24.1. The van der Waals surface area contributed by atoms with Gasteiger partial charge in [0.1, 0.15) is 0 Å². The van der Waals surface area contributed by atoms with E-state index in [0.717, 1.165) is 0 Å². The summed E-state index contributed by atoms with van der Waals surface area (Å²) in [6.45, 7) is 6.81. The van der Waals surface area contributed by atoms with Crippen LogP contribution in [0.2, 0.25) is 19.6 Å². The molecule has 0 aliphatic rings. The molecule has 0 fully saturated rings. The van der Waals surface area contributed by atoms with Crippen LogP contribution in [0.4, 0.5) is 0 Å². The summed E-state index contributed by atoms with van der Waals surface area (Å²) < 4.78 is 0. The van der Waals surface area contributed by atoms with Gasteiger partial charge in [0, 0.05) is 8.80 Å².